The number of halogens is 3. The standard InChI is InChI=1S/C59H101NO6.C34H62F3NO5.C20H28O2.CH4/c1-8-10-12-14-16-18-20-22-24-26-32-41-57(63)65-48-46-60(47-49-66-58(64)42-33-27-25-23-21-19-17-15-13-11-9-2)56(62)40-31-29-28-30-39-54(61)50-52(4)37-34-36-51(3)43-44-55-53(5)38-35-45-59(55,6)7;1-3-5-7-9-11-13-15-17-19-21-23-25-31(39)42-29-27-38(33(41)34(35,36)37)28-30-43-32(40)26-24-22-20-18-16-14-12-10-8-6-4-2;1-15(8-6-9-16(2)14-19(21)22)11-12-18-17(3)10-7-13-20(18,4)5;/h34,36-37,43-44,50H,8-33,35,38-42,45-49H2,1-7H3;3-30H2,1-2H3;6,8-9,11-12,14H,7,10,13H2,1-5H3,(H,21,22);1H4/b37-34+,44-43+,51-36+,52-50+;;9-6+,12-11+,15-8+,16-14+;. The van der Waals surface area contributed by atoms with E-state index in [1.54, 1.807) is 24.0 Å². The Kier molecular flexibility index (Phi) is 81.6. The summed E-state index contributed by atoms with van der Waals surface area (Å²) in [6.07, 6.45) is 83.6. The molecule has 0 saturated heterocycles. The van der Waals surface area contributed by atoms with Crippen molar-refractivity contribution in [1.29, 1.82) is 0 Å². The van der Waals surface area contributed by atoms with Gasteiger partial charge in [0, 0.05) is 44.6 Å². The summed E-state index contributed by atoms with van der Waals surface area (Å²) in [5, 5.41) is 8.65. The number of nitrogens with zero attached hydrogens (tertiary/aromatic N) is 2. The number of allylic oxidation sites excluding steroid dienone is 19. The van der Waals surface area contributed by atoms with E-state index in [-0.39, 0.29) is 94.2 Å². The molecule has 0 spiro atoms. The van der Waals surface area contributed by atoms with Crippen molar-refractivity contribution in [1.82, 2.24) is 9.80 Å². The average molecular weight is 1860 g/mol. The summed E-state index contributed by atoms with van der Waals surface area (Å²) in [7, 11) is 0. The third-order valence-electron chi connectivity index (χ3n) is 25.2. The zero-order valence-corrected chi connectivity index (χ0v) is 85.9. The number of aliphatic carboxylic acids is 1. The first-order valence-corrected chi connectivity index (χ1v) is 52.7. The molecule has 0 radical (unpaired) electrons. The number of ether oxygens (including phenoxy) is 4. The summed E-state index contributed by atoms with van der Waals surface area (Å²) in [6.45, 7) is 30.0. The predicted octanol–water partition coefficient (Wildman–Crippen LogP) is 32.8. The highest BCUT2D eigenvalue weighted by molar-refractivity contribution is 5.90. The summed E-state index contributed by atoms with van der Waals surface area (Å²) >= 11 is 0. The summed E-state index contributed by atoms with van der Waals surface area (Å²) in [4.78, 5) is 99.6. The number of carboxylic acid groups (broad SMARTS) is 1. The van der Waals surface area contributed by atoms with Crippen LogP contribution in [-0.2, 0) is 57.3 Å². The van der Waals surface area contributed by atoms with E-state index in [2.05, 4.69) is 113 Å². The topological polar surface area (TPSA) is 200 Å². The van der Waals surface area contributed by atoms with Gasteiger partial charge in [0.15, 0.2) is 5.78 Å². The number of unbranched alkanes of at least 4 members (excludes halogenated alkanes) is 43. The first kappa shape index (κ1) is 127. The zero-order chi connectivity index (χ0) is 97.3. The normalized spacial score (nSPS) is 14.3. The molecule has 0 heterocycles. The average Bonchev–Trinajstić information content (AvgIpc) is 0.827. The van der Waals surface area contributed by atoms with Crippen molar-refractivity contribution in [3.63, 3.8) is 0 Å². The minimum Gasteiger partial charge on any atom is -0.478 e. The summed E-state index contributed by atoms with van der Waals surface area (Å²) in [5.74, 6) is -4.23. The highest BCUT2D eigenvalue weighted by Gasteiger charge is 2.42. The minimum atomic E-state index is -5.06. The lowest BCUT2D eigenvalue weighted by molar-refractivity contribution is -0.187. The van der Waals surface area contributed by atoms with Gasteiger partial charge in [-0.3, -0.25) is 33.6 Å². The van der Waals surface area contributed by atoms with E-state index in [0.29, 0.717) is 49.8 Å². The number of amides is 2. The highest BCUT2D eigenvalue weighted by atomic mass is 19.4. The number of carbonyl (C=O) groups is 8. The van der Waals surface area contributed by atoms with E-state index in [1.165, 1.54) is 265 Å². The molecule has 0 aromatic heterocycles. The number of hydrogen-bond donors (Lipinski definition) is 1. The van der Waals surface area contributed by atoms with E-state index in [9.17, 15) is 51.5 Å². The fourth-order valence-electron chi connectivity index (χ4n) is 16.9. The Morgan fingerprint density at radius 2 is 0.598 bits per heavy atom. The van der Waals surface area contributed by atoms with Gasteiger partial charge in [0.2, 0.25) is 5.91 Å². The maximum Gasteiger partial charge on any atom is 0.471 e. The van der Waals surface area contributed by atoms with Crippen LogP contribution in [0.1, 0.15) is 490 Å². The lowest BCUT2D eigenvalue weighted by Gasteiger charge is -2.33. The van der Waals surface area contributed by atoms with E-state index in [0.717, 1.165) is 113 Å². The molecule has 0 unspecified atom stereocenters. The monoisotopic (exact) mass is 1860 g/mol. The first-order chi connectivity index (χ1) is 62.8. The third-order valence-corrected chi connectivity index (χ3v) is 25.2. The zero-order valence-electron chi connectivity index (χ0n) is 85.9. The van der Waals surface area contributed by atoms with Crippen molar-refractivity contribution in [2.45, 2.75) is 496 Å². The molecular formula is C114H195F3N2O13. The van der Waals surface area contributed by atoms with Crippen LogP contribution in [0, 0.1) is 10.8 Å². The van der Waals surface area contributed by atoms with Crippen LogP contribution < -0.4 is 0 Å². The minimum absolute atomic E-state index is 0. The van der Waals surface area contributed by atoms with Crippen LogP contribution in [0.25, 0.3) is 0 Å². The molecule has 0 atom stereocenters. The number of carboxylic acids is 1. The van der Waals surface area contributed by atoms with Crippen molar-refractivity contribution >= 4 is 47.4 Å². The third kappa shape index (κ3) is 75.4. The Morgan fingerprint density at radius 1 is 0.348 bits per heavy atom. The molecule has 2 amide bonds. The van der Waals surface area contributed by atoms with Gasteiger partial charge in [-0.15, -0.1) is 0 Å². The largest absolute Gasteiger partial charge is 0.478 e. The number of hydrogen-bond acceptors (Lipinski definition) is 12. The molecule has 132 heavy (non-hydrogen) atoms. The van der Waals surface area contributed by atoms with Gasteiger partial charge in [0.25, 0.3) is 0 Å². The fourth-order valence-corrected chi connectivity index (χ4v) is 16.9. The molecule has 0 aliphatic heterocycles. The van der Waals surface area contributed by atoms with Crippen LogP contribution in [0.3, 0.4) is 0 Å². The molecule has 2 rings (SSSR count). The molecule has 0 saturated carbocycles. The molecule has 760 valence electrons. The van der Waals surface area contributed by atoms with Gasteiger partial charge < -0.3 is 33.9 Å². The van der Waals surface area contributed by atoms with Gasteiger partial charge in [-0.05, 0) is 158 Å². The summed E-state index contributed by atoms with van der Waals surface area (Å²) in [6, 6.07) is 0. The Labute approximate surface area is 805 Å². The fraction of sp³-hybridized carbons (Fsp3) is 0.754. The summed E-state index contributed by atoms with van der Waals surface area (Å²) in [5.41, 5.74) is 10.4. The van der Waals surface area contributed by atoms with E-state index in [1.807, 2.05) is 31.2 Å². The van der Waals surface area contributed by atoms with Crippen LogP contribution in [-0.4, -0.2) is 121 Å². The van der Waals surface area contributed by atoms with Crippen LogP contribution in [0.15, 0.2) is 117 Å². The van der Waals surface area contributed by atoms with Gasteiger partial charge in [-0.25, -0.2) is 4.79 Å². The Bertz CT molecular complexity index is 3290. The Balaban J connectivity index is 0. The lowest BCUT2D eigenvalue weighted by atomic mass is 9.72. The van der Waals surface area contributed by atoms with Gasteiger partial charge >= 0.3 is 41.9 Å². The molecule has 15 nitrogen and oxygen atoms in total. The SMILES string of the molecule is C.CC1=C(/C=C/C(C)=C/C=C/C(C)=C/C(=O)O)C(C)(C)CCC1.CCCCCCCCCCCCCC(=O)OCCN(CCOC(=O)CCCCCCCCCCCCC)C(=O)C(F)(F)F.CCCCCCCCCCCCCC(=O)OCCN(CCOC(=O)CCCCCCCCCCCCC)C(=O)CCCCCCC(=O)/C=C(C)/C=C/C=C(C)/C=C/C1=C(C)CCCC1(C)C. The van der Waals surface area contributed by atoms with Gasteiger partial charge in [0.05, 0.1) is 26.2 Å². The van der Waals surface area contributed by atoms with Crippen molar-refractivity contribution in [2.24, 2.45) is 10.8 Å². The molecule has 18 heteroatoms. The van der Waals surface area contributed by atoms with E-state index in [4.69, 9.17) is 24.1 Å². The van der Waals surface area contributed by atoms with Crippen molar-refractivity contribution in [3.05, 3.63) is 117 Å². The van der Waals surface area contributed by atoms with Crippen LogP contribution in [0.5, 0.6) is 0 Å². The molecular weight excluding hydrogens is 1660 g/mol. The van der Waals surface area contributed by atoms with Crippen molar-refractivity contribution in [3.8, 4) is 0 Å². The maximum atomic E-state index is 13.4. The van der Waals surface area contributed by atoms with Crippen LogP contribution >= 0.6 is 0 Å². The van der Waals surface area contributed by atoms with Crippen molar-refractivity contribution < 1.29 is 75.6 Å². The summed E-state index contributed by atoms with van der Waals surface area (Å²) < 4.78 is 60.4. The number of ketones is 1. The molecule has 0 bridgehead atoms. The number of alkyl halides is 3. The van der Waals surface area contributed by atoms with Gasteiger partial charge in [0.1, 0.15) is 26.4 Å². The second kappa shape index (κ2) is 84.6. The molecule has 2 aliphatic carbocycles. The maximum absolute atomic E-state index is 13.4. The number of esters is 4. The number of carbonyl (C=O) groups excluding carboxylic acids is 7. The van der Waals surface area contributed by atoms with Gasteiger partial charge in [-0.1, -0.05) is 416 Å². The van der Waals surface area contributed by atoms with Crippen LogP contribution in [0.2, 0.25) is 0 Å². The number of rotatable bonds is 77. The Morgan fingerprint density at radius 3 is 0.864 bits per heavy atom. The van der Waals surface area contributed by atoms with Crippen molar-refractivity contribution in [2.75, 3.05) is 52.6 Å². The molecule has 2 aliphatic rings. The molecule has 0 fully saturated rings. The molecule has 0 aromatic carbocycles. The molecule has 0 aromatic rings. The van der Waals surface area contributed by atoms with Gasteiger partial charge in [-0.2, -0.15) is 13.2 Å². The quantitative estimate of drug-likeness (QED) is 0.0198. The second-order valence-electron chi connectivity index (χ2n) is 38.8. The predicted molar refractivity (Wildman–Crippen MR) is 547 cm³/mol. The van der Waals surface area contributed by atoms with Crippen LogP contribution in [0.4, 0.5) is 13.2 Å². The smallest absolute Gasteiger partial charge is 0.471 e. The van der Waals surface area contributed by atoms with E-state index < -0.39 is 43.1 Å². The second-order valence-corrected chi connectivity index (χ2v) is 38.8. The Hall–Kier alpha value is -6.85. The lowest BCUT2D eigenvalue weighted by Crippen LogP contribution is -2.44. The molecule has 1 N–H and O–H groups in total. The highest BCUT2D eigenvalue weighted by Crippen LogP contribution is 2.42. The van der Waals surface area contributed by atoms with E-state index >= 15 is 0 Å². The first-order valence-electron chi connectivity index (χ1n) is 52.7.